The normalized spacial score (nSPS) is 19.5. The van der Waals surface area contributed by atoms with Crippen molar-refractivity contribution in [2.45, 2.75) is 46.2 Å². The second-order valence-electron chi connectivity index (χ2n) is 5.87. The summed E-state index contributed by atoms with van der Waals surface area (Å²) in [6.45, 7) is 11.5. The van der Waals surface area contributed by atoms with Gasteiger partial charge in [0.15, 0.2) is 0 Å². The lowest BCUT2D eigenvalue weighted by atomic mass is 10.0. The summed E-state index contributed by atoms with van der Waals surface area (Å²) < 4.78 is 0. The Bertz CT molecular complexity index is 389. The lowest BCUT2D eigenvalue weighted by Gasteiger charge is -2.32. The van der Waals surface area contributed by atoms with Crippen LogP contribution in [0.25, 0.3) is 0 Å². The summed E-state index contributed by atoms with van der Waals surface area (Å²) in [5.41, 5.74) is 3.08. The highest BCUT2D eigenvalue weighted by molar-refractivity contribution is 5.28. The van der Waals surface area contributed by atoms with Gasteiger partial charge in [-0.05, 0) is 56.4 Å². The maximum Gasteiger partial charge on any atom is 0.0239 e. The first-order chi connectivity index (χ1) is 9.22. The van der Waals surface area contributed by atoms with E-state index in [1.54, 1.807) is 5.56 Å². The van der Waals surface area contributed by atoms with E-state index >= 15 is 0 Å². The summed E-state index contributed by atoms with van der Waals surface area (Å²) >= 11 is 0. The van der Waals surface area contributed by atoms with Crippen molar-refractivity contribution in [3.63, 3.8) is 0 Å². The molecule has 2 atom stereocenters. The average Bonchev–Trinajstić information content (AvgIpc) is 2.66. The summed E-state index contributed by atoms with van der Waals surface area (Å²) in [5, 5.41) is 3.48. The van der Waals surface area contributed by atoms with Crippen molar-refractivity contribution in [2.75, 3.05) is 19.6 Å². The van der Waals surface area contributed by atoms with Crippen LogP contribution in [0.5, 0.6) is 0 Å². The molecule has 0 amide bonds. The van der Waals surface area contributed by atoms with E-state index in [1.807, 2.05) is 0 Å². The van der Waals surface area contributed by atoms with Gasteiger partial charge < -0.3 is 5.32 Å². The Kier molecular flexibility index (Phi) is 5.41. The van der Waals surface area contributed by atoms with Gasteiger partial charge in [0.05, 0.1) is 0 Å². The molecule has 1 heterocycles. The van der Waals surface area contributed by atoms with Crippen molar-refractivity contribution in [3.8, 4) is 0 Å². The smallest absolute Gasteiger partial charge is 0.0239 e. The quantitative estimate of drug-likeness (QED) is 0.875. The minimum Gasteiger partial charge on any atom is -0.317 e. The van der Waals surface area contributed by atoms with E-state index in [-0.39, 0.29) is 0 Å². The van der Waals surface area contributed by atoms with Crippen LogP contribution in [0.15, 0.2) is 24.3 Å². The zero-order valence-corrected chi connectivity index (χ0v) is 12.7. The number of benzene rings is 1. The zero-order chi connectivity index (χ0) is 13.7. The first-order valence-electron chi connectivity index (χ1n) is 7.74. The SMILES string of the molecule is CCNCC(C)C(C)N1CCCc2ccccc2C1. The van der Waals surface area contributed by atoms with Gasteiger partial charge in [-0.1, -0.05) is 38.1 Å². The number of hydrogen-bond acceptors (Lipinski definition) is 2. The van der Waals surface area contributed by atoms with E-state index in [4.69, 9.17) is 0 Å². The molecule has 0 radical (unpaired) electrons. The van der Waals surface area contributed by atoms with Gasteiger partial charge >= 0.3 is 0 Å². The molecule has 0 aliphatic carbocycles. The Hall–Kier alpha value is -0.860. The Balaban J connectivity index is 2.01. The Morgan fingerprint density at radius 3 is 2.68 bits per heavy atom. The van der Waals surface area contributed by atoms with E-state index < -0.39 is 0 Å². The van der Waals surface area contributed by atoms with Crippen LogP contribution in [0.2, 0.25) is 0 Å². The third-order valence-corrected chi connectivity index (χ3v) is 4.50. The second-order valence-corrected chi connectivity index (χ2v) is 5.87. The number of aryl methyl sites for hydroxylation is 1. The lowest BCUT2D eigenvalue weighted by Crippen LogP contribution is -2.41. The van der Waals surface area contributed by atoms with Gasteiger partial charge in [0, 0.05) is 12.6 Å². The summed E-state index contributed by atoms with van der Waals surface area (Å²) in [7, 11) is 0. The molecular formula is C17H28N2. The van der Waals surface area contributed by atoms with Gasteiger partial charge in [-0.2, -0.15) is 0 Å². The van der Waals surface area contributed by atoms with E-state index in [2.05, 4.69) is 55.3 Å². The van der Waals surface area contributed by atoms with Crippen molar-refractivity contribution in [3.05, 3.63) is 35.4 Å². The zero-order valence-electron chi connectivity index (χ0n) is 12.7. The minimum absolute atomic E-state index is 0.644. The van der Waals surface area contributed by atoms with Gasteiger partial charge in [-0.25, -0.2) is 0 Å². The third kappa shape index (κ3) is 3.80. The van der Waals surface area contributed by atoms with Crippen molar-refractivity contribution in [1.82, 2.24) is 10.2 Å². The molecule has 0 saturated heterocycles. The second kappa shape index (κ2) is 7.06. The lowest BCUT2D eigenvalue weighted by molar-refractivity contribution is 0.154. The van der Waals surface area contributed by atoms with Crippen molar-refractivity contribution in [1.29, 1.82) is 0 Å². The molecule has 2 heteroatoms. The van der Waals surface area contributed by atoms with Crippen LogP contribution >= 0.6 is 0 Å². The number of fused-ring (bicyclic) bond motifs is 1. The van der Waals surface area contributed by atoms with Gasteiger partial charge in [0.25, 0.3) is 0 Å². The highest BCUT2D eigenvalue weighted by atomic mass is 15.2. The third-order valence-electron chi connectivity index (χ3n) is 4.50. The molecule has 19 heavy (non-hydrogen) atoms. The van der Waals surface area contributed by atoms with E-state index in [0.29, 0.717) is 12.0 Å². The molecule has 2 unspecified atom stereocenters. The average molecular weight is 260 g/mol. The molecule has 2 nitrogen and oxygen atoms in total. The van der Waals surface area contributed by atoms with Crippen LogP contribution in [0.3, 0.4) is 0 Å². The van der Waals surface area contributed by atoms with Crippen LogP contribution in [-0.4, -0.2) is 30.6 Å². The van der Waals surface area contributed by atoms with E-state index in [0.717, 1.165) is 19.6 Å². The molecule has 2 rings (SSSR count). The number of nitrogens with one attached hydrogen (secondary N) is 1. The number of rotatable bonds is 5. The van der Waals surface area contributed by atoms with Crippen molar-refractivity contribution in [2.24, 2.45) is 5.92 Å². The van der Waals surface area contributed by atoms with E-state index in [9.17, 15) is 0 Å². The molecule has 0 spiro atoms. The van der Waals surface area contributed by atoms with Crippen LogP contribution in [0.4, 0.5) is 0 Å². The van der Waals surface area contributed by atoms with Gasteiger partial charge in [-0.3, -0.25) is 4.90 Å². The molecule has 0 aromatic heterocycles. The molecule has 0 fully saturated rings. The Labute approximate surface area is 118 Å². The predicted octanol–water partition coefficient (Wildman–Crippen LogP) is 3.07. The molecule has 1 N–H and O–H groups in total. The van der Waals surface area contributed by atoms with Crippen LogP contribution in [0, 0.1) is 5.92 Å². The number of nitrogens with zero attached hydrogens (tertiary/aromatic N) is 1. The van der Waals surface area contributed by atoms with Gasteiger partial charge in [-0.15, -0.1) is 0 Å². The topological polar surface area (TPSA) is 15.3 Å². The molecule has 0 saturated carbocycles. The Morgan fingerprint density at radius 1 is 1.21 bits per heavy atom. The number of hydrogen-bond donors (Lipinski definition) is 1. The molecular weight excluding hydrogens is 232 g/mol. The fourth-order valence-corrected chi connectivity index (χ4v) is 2.98. The summed E-state index contributed by atoms with van der Waals surface area (Å²) in [6, 6.07) is 9.59. The monoisotopic (exact) mass is 260 g/mol. The fourth-order valence-electron chi connectivity index (χ4n) is 2.98. The maximum atomic E-state index is 3.48. The minimum atomic E-state index is 0.644. The molecule has 1 aromatic rings. The standard InChI is InChI=1S/C17H28N2/c1-4-18-12-14(2)15(3)19-11-7-10-16-8-5-6-9-17(16)13-19/h5-6,8-9,14-15,18H,4,7,10-13H2,1-3H3. The van der Waals surface area contributed by atoms with Gasteiger partial charge in [0.2, 0.25) is 0 Å². The first kappa shape index (κ1) is 14.5. The van der Waals surface area contributed by atoms with Crippen LogP contribution in [0.1, 0.15) is 38.3 Å². The summed E-state index contributed by atoms with van der Waals surface area (Å²) in [4.78, 5) is 2.66. The highest BCUT2D eigenvalue weighted by Crippen LogP contribution is 2.22. The van der Waals surface area contributed by atoms with Crippen LogP contribution < -0.4 is 5.32 Å². The molecule has 1 aliphatic rings. The molecule has 106 valence electrons. The van der Waals surface area contributed by atoms with E-state index in [1.165, 1.54) is 24.9 Å². The van der Waals surface area contributed by atoms with Crippen LogP contribution in [-0.2, 0) is 13.0 Å². The van der Waals surface area contributed by atoms with Crippen molar-refractivity contribution >= 4 is 0 Å². The summed E-state index contributed by atoms with van der Waals surface area (Å²) in [5.74, 6) is 0.699. The predicted molar refractivity (Wildman–Crippen MR) is 82.3 cm³/mol. The molecule has 1 aliphatic heterocycles. The molecule has 0 bridgehead atoms. The highest BCUT2D eigenvalue weighted by Gasteiger charge is 2.22. The largest absolute Gasteiger partial charge is 0.317 e. The summed E-state index contributed by atoms with van der Waals surface area (Å²) in [6.07, 6.45) is 2.52. The first-order valence-corrected chi connectivity index (χ1v) is 7.74. The fraction of sp³-hybridized carbons (Fsp3) is 0.647. The van der Waals surface area contributed by atoms with Gasteiger partial charge in [0.1, 0.15) is 0 Å². The Morgan fingerprint density at radius 2 is 1.95 bits per heavy atom. The maximum absolute atomic E-state index is 3.48. The molecule has 1 aromatic carbocycles. The van der Waals surface area contributed by atoms with Crippen molar-refractivity contribution < 1.29 is 0 Å².